The quantitative estimate of drug-likeness (QED) is 0.747. The van der Waals surface area contributed by atoms with Crippen molar-refractivity contribution in [3.63, 3.8) is 0 Å². The number of hydrogen-bond acceptors (Lipinski definition) is 1. The molecule has 1 unspecified atom stereocenters. The molecular formula is C16H16Br2FN. The molecule has 2 rings (SSSR count). The van der Waals surface area contributed by atoms with Crippen LogP contribution in [0, 0.1) is 12.7 Å². The SMILES string of the molecule is CNC(Cc1ccc(F)c(Br)c1)c1cccc(Br)c1C. The van der Waals surface area contributed by atoms with Crippen molar-refractivity contribution in [2.24, 2.45) is 0 Å². The topological polar surface area (TPSA) is 12.0 Å². The third-order valence-corrected chi connectivity index (χ3v) is 4.92. The van der Waals surface area contributed by atoms with E-state index in [0.717, 1.165) is 16.5 Å². The molecule has 0 aliphatic rings. The fourth-order valence-corrected chi connectivity index (χ4v) is 3.08. The Morgan fingerprint density at radius 2 is 1.90 bits per heavy atom. The molecule has 0 radical (unpaired) electrons. The zero-order valence-corrected chi connectivity index (χ0v) is 14.6. The molecular weight excluding hydrogens is 385 g/mol. The summed E-state index contributed by atoms with van der Waals surface area (Å²) in [5.41, 5.74) is 3.58. The number of rotatable bonds is 4. The first-order valence-corrected chi connectivity index (χ1v) is 7.97. The lowest BCUT2D eigenvalue weighted by Gasteiger charge is -2.20. The summed E-state index contributed by atoms with van der Waals surface area (Å²) in [5, 5.41) is 3.34. The summed E-state index contributed by atoms with van der Waals surface area (Å²) in [4.78, 5) is 0. The molecule has 0 bridgehead atoms. The van der Waals surface area contributed by atoms with Gasteiger partial charge >= 0.3 is 0 Å². The van der Waals surface area contributed by atoms with Crippen LogP contribution in [0.15, 0.2) is 45.3 Å². The van der Waals surface area contributed by atoms with Crippen molar-refractivity contribution in [2.45, 2.75) is 19.4 Å². The molecule has 2 aromatic rings. The molecule has 4 heteroatoms. The Balaban J connectivity index is 2.28. The Bertz CT molecular complexity index is 613. The van der Waals surface area contributed by atoms with Crippen LogP contribution in [-0.2, 0) is 6.42 Å². The van der Waals surface area contributed by atoms with Gasteiger partial charge in [-0.2, -0.15) is 0 Å². The molecule has 0 aromatic heterocycles. The van der Waals surface area contributed by atoms with Gasteiger partial charge in [-0.15, -0.1) is 0 Å². The second-order valence-electron chi connectivity index (χ2n) is 4.75. The lowest BCUT2D eigenvalue weighted by atomic mass is 9.95. The first-order chi connectivity index (χ1) is 9.52. The molecule has 0 heterocycles. The Kier molecular flexibility index (Phi) is 5.35. The normalized spacial score (nSPS) is 12.4. The maximum absolute atomic E-state index is 13.3. The number of likely N-dealkylation sites (N-methyl/N-ethyl adjacent to an activating group) is 1. The van der Waals surface area contributed by atoms with Gasteiger partial charge in [0.1, 0.15) is 5.82 Å². The van der Waals surface area contributed by atoms with Crippen LogP contribution >= 0.6 is 31.9 Å². The summed E-state index contributed by atoms with van der Waals surface area (Å²) in [6.45, 7) is 2.10. The average Bonchev–Trinajstić information content (AvgIpc) is 2.43. The van der Waals surface area contributed by atoms with Gasteiger partial charge in [-0.25, -0.2) is 4.39 Å². The third-order valence-electron chi connectivity index (χ3n) is 3.46. The minimum atomic E-state index is -0.228. The number of nitrogens with one attached hydrogen (secondary N) is 1. The Morgan fingerprint density at radius 1 is 1.15 bits per heavy atom. The molecule has 106 valence electrons. The van der Waals surface area contributed by atoms with E-state index in [2.05, 4.69) is 50.2 Å². The zero-order chi connectivity index (χ0) is 14.7. The first-order valence-electron chi connectivity index (χ1n) is 6.39. The van der Waals surface area contributed by atoms with Crippen molar-refractivity contribution in [1.82, 2.24) is 5.32 Å². The van der Waals surface area contributed by atoms with E-state index < -0.39 is 0 Å². The van der Waals surface area contributed by atoms with Gasteiger partial charge in [0.15, 0.2) is 0 Å². The van der Waals surface area contributed by atoms with E-state index >= 15 is 0 Å². The van der Waals surface area contributed by atoms with Gasteiger partial charge in [-0.3, -0.25) is 0 Å². The average molecular weight is 401 g/mol. The standard InChI is InChI=1S/C16H16Br2FN/c1-10-12(4-3-5-13(10)17)16(20-2)9-11-6-7-15(19)14(18)8-11/h3-8,16,20H,9H2,1-2H3. The largest absolute Gasteiger partial charge is 0.313 e. The van der Waals surface area contributed by atoms with Crippen molar-refractivity contribution in [1.29, 1.82) is 0 Å². The zero-order valence-electron chi connectivity index (χ0n) is 11.4. The molecule has 0 amide bonds. The molecule has 0 fully saturated rings. The summed E-state index contributed by atoms with van der Waals surface area (Å²) in [7, 11) is 1.95. The number of benzene rings is 2. The predicted octanol–water partition coefficient (Wildman–Crippen LogP) is 5.16. The molecule has 0 saturated carbocycles. The Labute approximate surface area is 135 Å². The molecule has 1 nitrogen and oxygen atoms in total. The number of hydrogen-bond donors (Lipinski definition) is 1. The van der Waals surface area contributed by atoms with Crippen molar-refractivity contribution in [3.05, 3.63) is 67.9 Å². The van der Waals surface area contributed by atoms with Crippen molar-refractivity contribution < 1.29 is 4.39 Å². The van der Waals surface area contributed by atoms with Gasteiger partial charge < -0.3 is 5.32 Å². The highest BCUT2D eigenvalue weighted by molar-refractivity contribution is 9.10. The summed E-state index contributed by atoms with van der Waals surface area (Å²) >= 11 is 6.80. The lowest BCUT2D eigenvalue weighted by Crippen LogP contribution is -2.20. The van der Waals surface area contributed by atoms with Crippen LogP contribution in [0.4, 0.5) is 4.39 Å². The van der Waals surface area contributed by atoms with E-state index in [4.69, 9.17) is 0 Å². The number of halogens is 3. The van der Waals surface area contributed by atoms with Gasteiger partial charge in [0, 0.05) is 10.5 Å². The second kappa shape index (κ2) is 6.83. The van der Waals surface area contributed by atoms with Crippen LogP contribution in [0.5, 0.6) is 0 Å². The van der Waals surface area contributed by atoms with Crippen LogP contribution in [0.25, 0.3) is 0 Å². The maximum Gasteiger partial charge on any atom is 0.137 e. The van der Waals surface area contributed by atoms with E-state index in [1.54, 1.807) is 0 Å². The summed E-state index contributed by atoms with van der Waals surface area (Å²) in [6.07, 6.45) is 0.812. The highest BCUT2D eigenvalue weighted by Crippen LogP contribution is 2.27. The molecule has 0 saturated heterocycles. The van der Waals surface area contributed by atoms with Crippen LogP contribution in [-0.4, -0.2) is 7.05 Å². The molecule has 2 aromatic carbocycles. The molecule has 1 atom stereocenters. The second-order valence-corrected chi connectivity index (χ2v) is 6.46. The Hall–Kier alpha value is -0.710. The molecule has 0 spiro atoms. The van der Waals surface area contributed by atoms with Gasteiger partial charge in [-0.05, 0) is 71.2 Å². The van der Waals surface area contributed by atoms with E-state index in [0.29, 0.717) is 4.47 Å². The van der Waals surface area contributed by atoms with Crippen LogP contribution in [0.1, 0.15) is 22.7 Å². The molecule has 1 N–H and O–H groups in total. The van der Waals surface area contributed by atoms with Crippen molar-refractivity contribution >= 4 is 31.9 Å². The van der Waals surface area contributed by atoms with Crippen molar-refractivity contribution in [3.8, 4) is 0 Å². The fourth-order valence-electron chi connectivity index (χ4n) is 2.27. The monoisotopic (exact) mass is 399 g/mol. The third kappa shape index (κ3) is 3.48. The molecule has 0 aliphatic carbocycles. The van der Waals surface area contributed by atoms with Crippen molar-refractivity contribution in [2.75, 3.05) is 7.05 Å². The summed E-state index contributed by atoms with van der Waals surface area (Å²) < 4.78 is 14.9. The molecule has 0 aliphatic heterocycles. The van der Waals surface area contributed by atoms with E-state index in [1.165, 1.54) is 17.2 Å². The van der Waals surface area contributed by atoms with Gasteiger partial charge in [0.2, 0.25) is 0 Å². The highest BCUT2D eigenvalue weighted by atomic mass is 79.9. The minimum Gasteiger partial charge on any atom is -0.313 e. The Morgan fingerprint density at radius 3 is 2.55 bits per heavy atom. The highest BCUT2D eigenvalue weighted by Gasteiger charge is 2.14. The smallest absolute Gasteiger partial charge is 0.137 e. The van der Waals surface area contributed by atoms with E-state index in [9.17, 15) is 4.39 Å². The van der Waals surface area contributed by atoms with Gasteiger partial charge in [0.05, 0.1) is 4.47 Å². The maximum atomic E-state index is 13.3. The molecule has 20 heavy (non-hydrogen) atoms. The van der Waals surface area contributed by atoms with Crippen LogP contribution in [0.3, 0.4) is 0 Å². The fraction of sp³-hybridized carbons (Fsp3) is 0.250. The first kappa shape index (κ1) is 15.7. The van der Waals surface area contributed by atoms with Gasteiger partial charge in [0.25, 0.3) is 0 Å². The van der Waals surface area contributed by atoms with Crippen LogP contribution in [0.2, 0.25) is 0 Å². The summed E-state index contributed by atoms with van der Waals surface area (Å²) in [6, 6.07) is 11.6. The summed E-state index contributed by atoms with van der Waals surface area (Å²) in [5.74, 6) is -0.228. The van der Waals surface area contributed by atoms with Crippen LogP contribution < -0.4 is 5.32 Å². The minimum absolute atomic E-state index is 0.199. The van der Waals surface area contributed by atoms with E-state index in [-0.39, 0.29) is 11.9 Å². The van der Waals surface area contributed by atoms with Gasteiger partial charge in [-0.1, -0.05) is 34.1 Å². The van der Waals surface area contributed by atoms with E-state index in [1.807, 2.05) is 31.3 Å². The lowest BCUT2D eigenvalue weighted by molar-refractivity contribution is 0.584. The predicted molar refractivity (Wildman–Crippen MR) is 88.5 cm³/mol.